The van der Waals surface area contributed by atoms with Gasteiger partial charge in [-0.1, -0.05) is 128 Å². The number of ether oxygens (including phenoxy) is 2. The fourth-order valence-corrected chi connectivity index (χ4v) is 4.87. The molecule has 2 heteroatoms. The number of hydrogen-bond acceptors (Lipinski definition) is 2. The average Bonchev–Trinajstić information content (AvgIpc) is 3.04. The summed E-state index contributed by atoms with van der Waals surface area (Å²) in [4.78, 5) is 0. The molecule has 40 heavy (non-hydrogen) atoms. The quantitative estimate of drug-likeness (QED) is 0.161. The largest absolute Gasteiger partial charge is 0.489 e. The van der Waals surface area contributed by atoms with E-state index in [1.807, 2.05) is 12.2 Å². The summed E-state index contributed by atoms with van der Waals surface area (Å²) < 4.78 is 12.2. The first-order valence-electron chi connectivity index (χ1n) is 13.5. The van der Waals surface area contributed by atoms with Crippen molar-refractivity contribution in [1.29, 1.82) is 0 Å². The Balaban J connectivity index is 1.34. The van der Waals surface area contributed by atoms with Gasteiger partial charge in [0.25, 0.3) is 0 Å². The highest BCUT2D eigenvalue weighted by Crippen LogP contribution is 2.40. The summed E-state index contributed by atoms with van der Waals surface area (Å²) in [6.07, 6.45) is 3.69. The lowest BCUT2D eigenvalue weighted by atomic mass is 9.71. The Morgan fingerprint density at radius 2 is 0.875 bits per heavy atom. The van der Waals surface area contributed by atoms with Crippen LogP contribution in [0.2, 0.25) is 0 Å². The van der Waals surface area contributed by atoms with E-state index in [-0.39, 0.29) is 5.41 Å². The summed E-state index contributed by atoms with van der Waals surface area (Å²) in [7, 11) is 0. The van der Waals surface area contributed by atoms with Crippen LogP contribution in [0.1, 0.15) is 45.9 Å². The van der Waals surface area contributed by atoms with Crippen molar-refractivity contribution in [2.24, 2.45) is 0 Å². The van der Waals surface area contributed by atoms with E-state index in [1.54, 1.807) is 0 Å². The highest BCUT2D eigenvalue weighted by molar-refractivity contribution is 5.52. The van der Waals surface area contributed by atoms with Crippen molar-refractivity contribution < 1.29 is 9.47 Å². The third-order valence-corrected chi connectivity index (χ3v) is 7.46. The molecule has 5 rings (SSSR count). The molecule has 0 aliphatic carbocycles. The van der Waals surface area contributed by atoms with E-state index in [2.05, 4.69) is 147 Å². The number of rotatable bonds is 11. The molecule has 2 nitrogen and oxygen atoms in total. The third kappa shape index (κ3) is 6.08. The summed E-state index contributed by atoms with van der Waals surface area (Å²) in [5.41, 5.74) is 7.72. The minimum atomic E-state index is -0.348. The Morgan fingerprint density at radius 3 is 1.25 bits per heavy atom. The summed E-state index contributed by atoms with van der Waals surface area (Å²) in [6, 6.07) is 44.0. The molecule has 0 unspecified atom stereocenters. The molecule has 5 aromatic rings. The molecule has 0 saturated carbocycles. The summed E-state index contributed by atoms with van der Waals surface area (Å²) >= 11 is 0. The van der Waals surface area contributed by atoms with E-state index >= 15 is 0 Å². The van der Waals surface area contributed by atoms with E-state index in [0.717, 1.165) is 33.8 Å². The molecule has 0 atom stereocenters. The van der Waals surface area contributed by atoms with Gasteiger partial charge in [-0.25, -0.2) is 0 Å². The minimum absolute atomic E-state index is 0.348. The van der Waals surface area contributed by atoms with Crippen LogP contribution < -0.4 is 9.47 Å². The van der Waals surface area contributed by atoms with Crippen molar-refractivity contribution in [2.75, 3.05) is 0 Å². The normalized spacial score (nSPS) is 11.0. The van der Waals surface area contributed by atoms with Crippen molar-refractivity contribution in [3.05, 3.63) is 179 Å². The first kappa shape index (κ1) is 26.8. The van der Waals surface area contributed by atoms with Gasteiger partial charge in [-0.05, 0) is 70.1 Å². The molecule has 0 saturated heterocycles. The molecule has 0 aromatic heterocycles. The van der Waals surface area contributed by atoms with Gasteiger partial charge in [0.2, 0.25) is 0 Å². The van der Waals surface area contributed by atoms with Crippen LogP contribution in [-0.4, -0.2) is 0 Å². The standard InChI is InChI=1S/C38H34O2/c1-4-29-11-15-31(16-12-29)27-39-36-23-19-34(20-24-36)38(3,33-9-7-6-8-10-33)35-21-25-37(26-22-35)40-28-32-17-13-30(5-2)14-18-32/h4-26H,1-2,27-28H2,3H3. The Kier molecular flexibility index (Phi) is 8.27. The molecule has 0 N–H and O–H groups in total. The van der Waals surface area contributed by atoms with Crippen molar-refractivity contribution in [3.8, 4) is 11.5 Å². The maximum Gasteiger partial charge on any atom is 0.119 e. The van der Waals surface area contributed by atoms with Gasteiger partial charge >= 0.3 is 0 Å². The van der Waals surface area contributed by atoms with Gasteiger partial charge in [0, 0.05) is 5.41 Å². The van der Waals surface area contributed by atoms with Gasteiger partial charge in [-0.3, -0.25) is 0 Å². The number of hydrogen-bond donors (Lipinski definition) is 0. The minimum Gasteiger partial charge on any atom is -0.489 e. The van der Waals surface area contributed by atoms with E-state index in [4.69, 9.17) is 9.47 Å². The van der Waals surface area contributed by atoms with Gasteiger partial charge in [0.1, 0.15) is 24.7 Å². The molecule has 0 fully saturated rings. The second-order valence-electron chi connectivity index (χ2n) is 10.0. The molecular formula is C38H34O2. The van der Waals surface area contributed by atoms with Crippen molar-refractivity contribution >= 4 is 12.2 Å². The van der Waals surface area contributed by atoms with Crippen LogP contribution in [0.4, 0.5) is 0 Å². The smallest absolute Gasteiger partial charge is 0.119 e. The van der Waals surface area contributed by atoms with Crippen LogP contribution in [0, 0.1) is 0 Å². The molecular weight excluding hydrogens is 488 g/mol. The number of benzene rings is 5. The molecule has 5 aromatic carbocycles. The monoisotopic (exact) mass is 522 g/mol. The zero-order valence-corrected chi connectivity index (χ0v) is 22.9. The maximum atomic E-state index is 6.09. The van der Waals surface area contributed by atoms with Crippen LogP contribution in [0.15, 0.2) is 141 Å². The van der Waals surface area contributed by atoms with Gasteiger partial charge in [0.15, 0.2) is 0 Å². The first-order valence-corrected chi connectivity index (χ1v) is 13.5. The lowest BCUT2D eigenvalue weighted by Gasteiger charge is -2.32. The van der Waals surface area contributed by atoms with E-state index < -0.39 is 0 Å². The van der Waals surface area contributed by atoms with E-state index in [0.29, 0.717) is 13.2 Å². The highest BCUT2D eigenvalue weighted by Gasteiger charge is 2.31. The molecule has 198 valence electrons. The van der Waals surface area contributed by atoms with Gasteiger partial charge in [-0.15, -0.1) is 0 Å². The fraction of sp³-hybridized carbons (Fsp3) is 0.105. The van der Waals surface area contributed by atoms with Gasteiger partial charge in [-0.2, -0.15) is 0 Å². The van der Waals surface area contributed by atoms with Gasteiger partial charge in [0.05, 0.1) is 0 Å². The Bertz CT molecular complexity index is 1430. The second-order valence-corrected chi connectivity index (χ2v) is 10.0. The SMILES string of the molecule is C=Cc1ccc(COc2ccc(C(C)(c3ccccc3)c3ccc(OCc4ccc(C=C)cc4)cc3)cc2)cc1. The van der Waals surface area contributed by atoms with Crippen LogP contribution in [-0.2, 0) is 18.6 Å². The van der Waals surface area contributed by atoms with E-state index in [9.17, 15) is 0 Å². The zero-order chi connectivity index (χ0) is 27.8. The highest BCUT2D eigenvalue weighted by atomic mass is 16.5. The lowest BCUT2D eigenvalue weighted by molar-refractivity contribution is 0.306. The summed E-state index contributed by atoms with van der Waals surface area (Å²) in [5, 5.41) is 0. The third-order valence-electron chi connectivity index (χ3n) is 7.46. The Morgan fingerprint density at radius 1 is 0.500 bits per heavy atom. The van der Waals surface area contributed by atoms with Gasteiger partial charge < -0.3 is 9.47 Å². The molecule has 0 heterocycles. The maximum absolute atomic E-state index is 6.09. The van der Waals surface area contributed by atoms with Crippen molar-refractivity contribution in [3.63, 3.8) is 0 Å². The molecule has 0 spiro atoms. The van der Waals surface area contributed by atoms with Crippen LogP contribution in [0.5, 0.6) is 11.5 Å². The second kappa shape index (κ2) is 12.4. The molecule has 0 amide bonds. The predicted molar refractivity (Wildman–Crippen MR) is 167 cm³/mol. The van der Waals surface area contributed by atoms with Crippen molar-refractivity contribution in [2.45, 2.75) is 25.6 Å². The molecule has 0 radical (unpaired) electrons. The molecule has 0 bridgehead atoms. The average molecular weight is 523 g/mol. The van der Waals surface area contributed by atoms with E-state index in [1.165, 1.54) is 16.7 Å². The Hall–Kier alpha value is -4.82. The lowest BCUT2D eigenvalue weighted by Crippen LogP contribution is -2.25. The first-order chi connectivity index (χ1) is 19.6. The topological polar surface area (TPSA) is 18.5 Å². The molecule has 0 aliphatic rings. The van der Waals surface area contributed by atoms with Crippen LogP contribution in [0.25, 0.3) is 12.2 Å². The van der Waals surface area contributed by atoms with Crippen LogP contribution in [0.3, 0.4) is 0 Å². The molecule has 0 aliphatic heterocycles. The van der Waals surface area contributed by atoms with Crippen LogP contribution >= 0.6 is 0 Å². The summed E-state index contributed by atoms with van der Waals surface area (Å²) in [5.74, 6) is 1.69. The predicted octanol–water partition coefficient (Wildman–Crippen LogP) is 9.48. The zero-order valence-electron chi connectivity index (χ0n) is 22.9. The fourth-order valence-electron chi connectivity index (χ4n) is 4.87. The Labute approximate surface area is 237 Å². The van der Waals surface area contributed by atoms with Crippen molar-refractivity contribution in [1.82, 2.24) is 0 Å². The summed E-state index contributed by atoms with van der Waals surface area (Å²) in [6.45, 7) is 10.9.